The minimum atomic E-state index is 0. The molecule has 0 saturated heterocycles. The lowest BCUT2D eigenvalue weighted by Crippen LogP contribution is -2.16. The van der Waals surface area contributed by atoms with Crippen LogP contribution in [0, 0.1) is 0 Å². The Balaban J connectivity index is 0.00000225. The Morgan fingerprint density at radius 2 is 1.68 bits per heavy atom. The number of nitrogens with one attached hydrogen (secondary N) is 1. The zero-order valence-electron chi connectivity index (χ0n) is 13.3. The van der Waals surface area contributed by atoms with E-state index in [0.717, 1.165) is 35.6 Å². The average Bonchev–Trinajstić information content (AvgIpc) is 3.02. The molecule has 0 unspecified atom stereocenters. The molecule has 132 valence electrons. The third-order valence-electron chi connectivity index (χ3n) is 3.66. The van der Waals surface area contributed by atoms with Gasteiger partial charge in [0, 0.05) is 20.6 Å². The molecule has 0 radical (unpaired) electrons. The van der Waals surface area contributed by atoms with Gasteiger partial charge in [0.2, 0.25) is 0 Å². The van der Waals surface area contributed by atoms with Gasteiger partial charge in [-0.25, -0.2) is 0 Å². The van der Waals surface area contributed by atoms with Gasteiger partial charge in [-0.2, -0.15) is 0 Å². The van der Waals surface area contributed by atoms with Crippen molar-refractivity contribution in [2.24, 2.45) is 0 Å². The van der Waals surface area contributed by atoms with E-state index in [9.17, 15) is 0 Å². The number of rotatable bonds is 6. The lowest BCUT2D eigenvalue weighted by atomic mass is 10.1. The maximum atomic E-state index is 6.17. The molecule has 1 aromatic heterocycles. The van der Waals surface area contributed by atoms with Gasteiger partial charge < -0.3 is 9.73 Å². The largest absolute Gasteiger partial charge is 0.460 e. The zero-order chi connectivity index (χ0) is 16.9. The third-order valence-corrected chi connectivity index (χ3v) is 4.48. The topological polar surface area (TPSA) is 25.2 Å². The predicted octanol–water partition coefficient (Wildman–Crippen LogP) is 6.66. The summed E-state index contributed by atoms with van der Waals surface area (Å²) in [6.45, 7) is 1.46. The fourth-order valence-corrected chi connectivity index (χ4v) is 3.12. The first-order valence-corrected chi connectivity index (χ1v) is 8.74. The summed E-state index contributed by atoms with van der Waals surface area (Å²) >= 11 is 18.1. The van der Waals surface area contributed by atoms with Crippen LogP contribution < -0.4 is 5.32 Å². The van der Waals surface area contributed by atoms with Gasteiger partial charge in [-0.3, -0.25) is 0 Å². The molecule has 1 heterocycles. The number of hydrogen-bond donors (Lipinski definition) is 1. The summed E-state index contributed by atoms with van der Waals surface area (Å²) in [5.41, 5.74) is 2.05. The lowest BCUT2D eigenvalue weighted by Gasteiger charge is -2.06. The third kappa shape index (κ3) is 5.67. The Morgan fingerprint density at radius 3 is 2.44 bits per heavy atom. The van der Waals surface area contributed by atoms with Gasteiger partial charge in [0.25, 0.3) is 0 Å². The maximum Gasteiger partial charge on any atom is 0.134 e. The van der Waals surface area contributed by atoms with Crippen molar-refractivity contribution < 1.29 is 4.42 Å². The Hall–Kier alpha value is -1.16. The minimum Gasteiger partial charge on any atom is -0.460 e. The minimum absolute atomic E-state index is 0. The monoisotopic (exact) mass is 415 g/mol. The maximum absolute atomic E-state index is 6.17. The fraction of sp³-hybridized carbons (Fsp3) is 0.158. The summed E-state index contributed by atoms with van der Waals surface area (Å²) in [5, 5.41) is 5.41. The summed E-state index contributed by atoms with van der Waals surface area (Å²) in [6, 6.07) is 17.1. The molecule has 2 aromatic carbocycles. The van der Waals surface area contributed by atoms with Crippen LogP contribution in [0.25, 0.3) is 11.3 Å². The summed E-state index contributed by atoms with van der Waals surface area (Å²) in [5.74, 6) is 1.70. The highest BCUT2D eigenvalue weighted by Gasteiger charge is 2.06. The van der Waals surface area contributed by atoms with Crippen molar-refractivity contribution in [3.63, 3.8) is 0 Å². The molecule has 3 rings (SSSR count). The van der Waals surface area contributed by atoms with Gasteiger partial charge in [0.05, 0.1) is 6.54 Å². The summed E-state index contributed by atoms with van der Waals surface area (Å²) in [6.07, 6.45) is 0.831. The number of furan rings is 1. The first-order valence-electron chi connectivity index (χ1n) is 7.61. The van der Waals surface area contributed by atoms with Crippen molar-refractivity contribution in [2.45, 2.75) is 13.0 Å². The van der Waals surface area contributed by atoms with Gasteiger partial charge >= 0.3 is 0 Å². The van der Waals surface area contributed by atoms with E-state index in [1.54, 1.807) is 6.07 Å². The predicted molar refractivity (Wildman–Crippen MR) is 108 cm³/mol. The molecule has 1 N–H and O–H groups in total. The molecule has 0 saturated carbocycles. The van der Waals surface area contributed by atoms with Crippen LogP contribution in [0.2, 0.25) is 15.1 Å². The van der Waals surface area contributed by atoms with Gasteiger partial charge in [-0.05, 0) is 54.9 Å². The van der Waals surface area contributed by atoms with Crippen LogP contribution in [0.3, 0.4) is 0 Å². The van der Waals surface area contributed by atoms with Crippen molar-refractivity contribution in [3.05, 3.63) is 81.0 Å². The van der Waals surface area contributed by atoms with Gasteiger partial charge in [-0.1, -0.05) is 53.0 Å². The summed E-state index contributed by atoms with van der Waals surface area (Å²) < 4.78 is 5.85. The molecule has 0 fully saturated rings. The fourth-order valence-electron chi connectivity index (χ4n) is 2.43. The van der Waals surface area contributed by atoms with Crippen molar-refractivity contribution in [1.29, 1.82) is 0 Å². The smallest absolute Gasteiger partial charge is 0.134 e. The van der Waals surface area contributed by atoms with E-state index < -0.39 is 0 Å². The van der Waals surface area contributed by atoms with E-state index in [2.05, 4.69) is 5.32 Å². The highest BCUT2D eigenvalue weighted by molar-refractivity contribution is 6.35. The van der Waals surface area contributed by atoms with E-state index in [4.69, 9.17) is 39.2 Å². The van der Waals surface area contributed by atoms with E-state index in [-0.39, 0.29) is 12.4 Å². The van der Waals surface area contributed by atoms with Crippen LogP contribution in [-0.4, -0.2) is 6.54 Å². The molecule has 0 atom stereocenters. The Kier molecular flexibility index (Phi) is 7.67. The SMILES string of the molecule is Cl.Clc1cccc(-c2ccc(CNCCc3ccc(Cl)cc3Cl)o2)c1. The second-order valence-electron chi connectivity index (χ2n) is 5.44. The van der Waals surface area contributed by atoms with Crippen LogP contribution >= 0.6 is 47.2 Å². The van der Waals surface area contributed by atoms with Crippen LogP contribution in [0.5, 0.6) is 0 Å². The molecular formula is C19H17Cl4NO. The average molecular weight is 417 g/mol. The quantitative estimate of drug-likeness (QED) is 0.454. The van der Waals surface area contributed by atoms with Crippen LogP contribution in [-0.2, 0) is 13.0 Å². The molecule has 3 aromatic rings. The first kappa shape index (κ1) is 20.2. The summed E-state index contributed by atoms with van der Waals surface area (Å²) in [7, 11) is 0. The van der Waals surface area contributed by atoms with Crippen LogP contribution in [0.4, 0.5) is 0 Å². The van der Waals surface area contributed by atoms with Crippen molar-refractivity contribution in [2.75, 3.05) is 6.54 Å². The van der Waals surface area contributed by atoms with Crippen LogP contribution in [0.15, 0.2) is 59.0 Å². The van der Waals surface area contributed by atoms with Crippen molar-refractivity contribution in [3.8, 4) is 11.3 Å². The first-order chi connectivity index (χ1) is 11.6. The van der Waals surface area contributed by atoms with Crippen molar-refractivity contribution in [1.82, 2.24) is 5.32 Å². The van der Waals surface area contributed by atoms with E-state index in [0.29, 0.717) is 21.6 Å². The molecule has 2 nitrogen and oxygen atoms in total. The highest BCUT2D eigenvalue weighted by atomic mass is 35.5. The number of halogens is 4. The van der Waals surface area contributed by atoms with Gasteiger partial charge in [0.15, 0.2) is 0 Å². The second kappa shape index (κ2) is 9.51. The molecule has 0 aliphatic heterocycles. The second-order valence-corrected chi connectivity index (χ2v) is 6.72. The standard InChI is InChI=1S/C19H16Cl3NO.ClH/c20-15-3-1-2-14(10-15)19-7-6-17(24-19)12-23-9-8-13-4-5-16(21)11-18(13)22;/h1-7,10-11,23H,8-9,12H2;1H. The number of hydrogen-bond acceptors (Lipinski definition) is 2. The Morgan fingerprint density at radius 1 is 0.880 bits per heavy atom. The lowest BCUT2D eigenvalue weighted by molar-refractivity contribution is 0.495. The normalized spacial score (nSPS) is 10.5. The molecule has 0 aliphatic rings. The van der Waals surface area contributed by atoms with E-state index >= 15 is 0 Å². The Labute approximate surface area is 168 Å². The van der Waals surface area contributed by atoms with Crippen molar-refractivity contribution >= 4 is 47.2 Å². The molecule has 0 bridgehead atoms. The van der Waals surface area contributed by atoms with E-state index in [1.807, 2.05) is 48.5 Å². The number of benzene rings is 2. The zero-order valence-corrected chi connectivity index (χ0v) is 16.4. The molecule has 0 spiro atoms. The van der Waals surface area contributed by atoms with E-state index in [1.165, 1.54) is 0 Å². The molecule has 25 heavy (non-hydrogen) atoms. The van der Waals surface area contributed by atoms with Crippen LogP contribution in [0.1, 0.15) is 11.3 Å². The summed E-state index contributed by atoms with van der Waals surface area (Å²) in [4.78, 5) is 0. The van der Waals surface area contributed by atoms with Gasteiger partial charge in [0.1, 0.15) is 11.5 Å². The molecule has 0 aliphatic carbocycles. The Bertz CT molecular complexity index is 832. The molecule has 6 heteroatoms. The highest BCUT2D eigenvalue weighted by Crippen LogP contribution is 2.25. The molecule has 0 amide bonds. The van der Waals surface area contributed by atoms with Gasteiger partial charge in [-0.15, -0.1) is 12.4 Å². The molecular weight excluding hydrogens is 400 g/mol.